The Hall–Kier alpha value is -1.37. The summed E-state index contributed by atoms with van der Waals surface area (Å²) < 4.78 is 0. The Labute approximate surface area is 80.9 Å². The van der Waals surface area contributed by atoms with Gasteiger partial charge in [0, 0.05) is 6.21 Å². The third-order valence-electron chi connectivity index (χ3n) is 1.32. The van der Waals surface area contributed by atoms with Crippen molar-refractivity contribution in [3.05, 3.63) is 48.2 Å². The maximum absolute atomic E-state index is 4.23. The number of rotatable bonds is 4. The lowest BCUT2D eigenvalue weighted by Crippen LogP contribution is -1.72. The molecule has 0 aromatic rings. The molecule has 0 aliphatic carbocycles. The van der Waals surface area contributed by atoms with Gasteiger partial charge in [-0.1, -0.05) is 30.4 Å². The van der Waals surface area contributed by atoms with Gasteiger partial charge in [0.1, 0.15) is 0 Å². The molecule has 0 radical (unpaired) electrons. The second-order valence-corrected chi connectivity index (χ2v) is 2.70. The van der Waals surface area contributed by atoms with Crippen LogP contribution in [0.4, 0.5) is 0 Å². The van der Waals surface area contributed by atoms with Crippen LogP contribution < -0.4 is 0 Å². The van der Waals surface area contributed by atoms with Crippen LogP contribution in [0, 0.1) is 0 Å². The van der Waals surface area contributed by atoms with Crippen LogP contribution in [-0.4, -0.2) is 6.21 Å². The van der Waals surface area contributed by atoms with Crippen molar-refractivity contribution in [2.75, 3.05) is 0 Å². The van der Waals surface area contributed by atoms with Crippen molar-refractivity contribution in [3.8, 4) is 0 Å². The van der Waals surface area contributed by atoms with Gasteiger partial charge in [-0.3, -0.25) is 4.99 Å². The van der Waals surface area contributed by atoms with Gasteiger partial charge < -0.3 is 0 Å². The van der Waals surface area contributed by atoms with E-state index in [4.69, 9.17) is 0 Å². The fourth-order valence-corrected chi connectivity index (χ4v) is 0.721. The maximum Gasteiger partial charge on any atom is 0.0583 e. The van der Waals surface area contributed by atoms with Crippen LogP contribution in [0.5, 0.6) is 0 Å². The first-order valence-electron chi connectivity index (χ1n) is 4.36. The molecule has 0 amide bonds. The highest BCUT2D eigenvalue weighted by Crippen LogP contribution is 1.97. The van der Waals surface area contributed by atoms with Crippen molar-refractivity contribution in [1.82, 2.24) is 0 Å². The molecule has 0 unspecified atom stereocenters. The van der Waals surface area contributed by atoms with Gasteiger partial charge in [0.25, 0.3) is 0 Å². The number of aliphatic imine (C=N–C) groups is 1. The number of hydrogen-bond donors (Lipinski definition) is 0. The first kappa shape index (κ1) is 11.6. The minimum atomic E-state index is 0.967. The molecule has 0 bridgehead atoms. The summed E-state index contributed by atoms with van der Waals surface area (Å²) in [5.74, 6) is 0. The first-order valence-corrected chi connectivity index (χ1v) is 4.36. The molecule has 0 N–H and O–H groups in total. The SMILES string of the molecule is C=C(C)\C=C/C=N\C(\C=C/C)=C\C. The van der Waals surface area contributed by atoms with Crippen LogP contribution in [-0.2, 0) is 0 Å². The third-order valence-corrected chi connectivity index (χ3v) is 1.32. The van der Waals surface area contributed by atoms with E-state index in [0.717, 1.165) is 11.3 Å². The Morgan fingerprint density at radius 2 is 1.92 bits per heavy atom. The van der Waals surface area contributed by atoms with Gasteiger partial charge in [0.2, 0.25) is 0 Å². The number of allylic oxidation sites excluding steroid dienone is 6. The normalized spacial score (nSPS) is 13.6. The molecule has 0 aliphatic rings. The van der Waals surface area contributed by atoms with Gasteiger partial charge in [-0.25, -0.2) is 0 Å². The summed E-state index contributed by atoms with van der Waals surface area (Å²) in [4.78, 5) is 4.23. The van der Waals surface area contributed by atoms with E-state index in [1.807, 2.05) is 51.2 Å². The van der Waals surface area contributed by atoms with Crippen molar-refractivity contribution in [3.63, 3.8) is 0 Å². The van der Waals surface area contributed by atoms with Gasteiger partial charge in [-0.15, -0.1) is 0 Å². The highest BCUT2D eigenvalue weighted by atomic mass is 14.7. The fraction of sp³-hybridized carbons (Fsp3) is 0.250. The lowest BCUT2D eigenvalue weighted by Gasteiger charge is -1.88. The van der Waals surface area contributed by atoms with Crippen molar-refractivity contribution in [2.24, 2.45) is 4.99 Å². The Bertz CT molecular complexity index is 265. The second-order valence-electron chi connectivity index (χ2n) is 2.70. The molecule has 0 fully saturated rings. The summed E-state index contributed by atoms with van der Waals surface area (Å²) in [7, 11) is 0. The second kappa shape index (κ2) is 7.29. The number of nitrogens with zero attached hydrogens (tertiary/aromatic N) is 1. The van der Waals surface area contributed by atoms with Crippen LogP contribution in [0.3, 0.4) is 0 Å². The van der Waals surface area contributed by atoms with Crippen LogP contribution in [0.1, 0.15) is 20.8 Å². The Morgan fingerprint density at radius 3 is 2.38 bits per heavy atom. The lowest BCUT2D eigenvalue weighted by atomic mass is 10.3. The zero-order valence-electron chi connectivity index (χ0n) is 8.62. The quantitative estimate of drug-likeness (QED) is 0.456. The highest BCUT2D eigenvalue weighted by Gasteiger charge is 1.79. The molecule has 0 aromatic heterocycles. The largest absolute Gasteiger partial charge is 0.257 e. The highest BCUT2D eigenvalue weighted by molar-refractivity contribution is 5.73. The van der Waals surface area contributed by atoms with Gasteiger partial charge in [0.05, 0.1) is 5.70 Å². The first-order chi connectivity index (χ1) is 6.20. The molecule has 0 atom stereocenters. The van der Waals surface area contributed by atoms with Gasteiger partial charge in [-0.2, -0.15) is 0 Å². The standard InChI is InChI=1S/C12H17N/c1-5-8-12(6-2)13-10-7-9-11(3)4/h5-10H,3H2,1-2,4H3/b8-5-,9-7-,12-6+,13-10-. The van der Waals surface area contributed by atoms with E-state index in [1.165, 1.54) is 0 Å². The Balaban J connectivity index is 4.17. The molecule has 0 spiro atoms. The van der Waals surface area contributed by atoms with Crippen molar-refractivity contribution in [1.29, 1.82) is 0 Å². The zero-order chi connectivity index (χ0) is 10.1. The molecule has 0 saturated carbocycles. The van der Waals surface area contributed by atoms with Crippen LogP contribution >= 0.6 is 0 Å². The predicted octanol–water partition coefficient (Wildman–Crippen LogP) is 3.67. The Morgan fingerprint density at radius 1 is 1.23 bits per heavy atom. The average molecular weight is 175 g/mol. The zero-order valence-corrected chi connectivity index (χ0v) is 8.62. The summed E-state index contributed by atoms with van der Waals surface area (Å²) in [5.41, 5.74) is 1.99. The minimum absolute atomic E-state index is 0.967. The molecule has 0 saturated heterocycles. The molecule has 70 valence electrons. The fourth-order valence-electron chi connectivity index (χ4n) is 0.721. The molecule has 0 heterocycles. The van der Waals surface area contributed by atoms with E-state index < -0.39 is 0 Å². The molecule has 13 heavy (non-hydrogen) atoms. The summed E-state index contributed by atoms with van der Waals surface area (Å²) in [6.07, 6.45) is 11.5. The predicted molar refractivity (Wildman–Crippen MR) is 61.0 cm³/mol. The molecule has 1 heteroatoms. The van der Waals surface area contributed by atoms with Crippen LogP contribution in [0.15, 0.2) is 53.2 Å². The summed E-state index contributed by atoms with van der Waals surface area (Å²) >= 11 is 0. The van der Waals surface area contributed by atoms with E-state index in [2.05, 4.69) is 11.6 Å². The molecule has 1 nitrogen and oxygen atoms in total. The molecule has 0 aliphatic heterocycles. The third kappa shape index (κ3) is 7.01. The van der Waals surface area contributed by atoms with Crippen LogP contribution in [0.25, 0.3) is 0 Å². The average Bonchev–Trinajstić information content (AvgIpc) is 2.10. The van der Waals surface area contributed by atoms with E-state index in [0.29, 0.717) is 0 Å². The summed E-state index contributed by atoms with van der Waals surface area (Å²) in [6, 6.07) is 0. The number of hydrogen-bond acceptors (Lipinski definition) is 1. The summed E-state index contributed by atoms with van der Waals surface area (Å²) in [6.45, 7) is 9.64. The van der Waals surface area contributed by atoms with Gasteiger partial charge >= 0.3 is 0 Å². The van der Waals surface area contributed by atoms with Gasteiger partial charge in [-0.05, 0) is 32.9 Å². The smallest absolute Gasteiger partial charge is 0.0583 e. The van der Waals surface area contributed by atoms with E-state index in [9.17, 15) is 0 Å². The van der Waals surface area contributed by atoms with Crippen molar-refractivity contribution < 1.29 is 0 Å². The van der Waals surface area contributed by atoms with Crippen molar-refractivity contribution in [2.45, 2.75) is 20.8 Å². The van der Waals surface area contributed by atoms with Crippen LogP contribution in [0.2, 0.25) is 0 Å². The maximum atomic E-state index is 4.23. The Kier molecular flexibility index (Phi) is 6.52. The topological polar surface area (TPSA) is 12.4 Å². The monoisotopic (exact) mass is 175 g/mol. The molecular weight excluding hydrogens is 158 g/mol. The molecule has 0 aromatic carbocycles. The van der Waals surface area contributed by atoms with Gasteiger partial charge in [0.15, 0.2) is 0 Å². The summed E-state index contributed by atoms with van der Waals surface area (Å²) in [5, 5.41) is 0. The van der Waals surface area contributed by atoms with E-state index in [-0.39, 0.29) is 0 Å². The molecular formula is C12H17N. The van der Waals surface area contributed by atoms with Crippen molar-refractivity contribution >= 4 is 6.21 Å². The lowest BCUT2D eigenvalue weighted by molar-refractivity contribution is 1.39. The van der Waals surface area contributed by atoms with E-state index in [1.54, 1.807) is 6.21 Å². The van der Waals surface area contributed by atoms with E-state index >= 15 is 0 Å². The molecule has 0 rings (SSSR count). The minimum Gasteiger partial charge on any atom is -0.257 e.